The molecule has 0 bridgehead atoms. The van der Waals surface area contributed by atoms with Crippen molar-refractivity contribution in [2.75, 3.05) is 156 Å². The predicted octanol–water partition coefficient (Wildman–Crippen LogP) is 8.10. The van der Waals surface area contributed by atoms with Gasteiger partial charge in [0, 0.05) is 84.9 Å². The van der Waals surface area contributed by atoms with Gasteiger partial charge in [-0.2, -0.15) is 69.3 Å². The van der Waals surface area contributed by atoms with Crippen LogP contribution in [0.15, 0.2) is 181 Å². The van der Waals surface area contributed by atoms with Crippen molar-refractivity contribution in [3.8, 4) is 75.4 Å². The van der Waals surface area contributed by atoms with E-state index < -0.39 is 30.6 Å². The molecule has 6 heterocycles. The summed E-state index contributed by atoms with van der Waals surface area (Å²) in [5, 5.41) is 28.0. The number of rotatable bonds is 40. The van der Waals surface area contributed by atoms with Crippen molar-refractivity contribution in [3.05, 3.63) is 197 Å². The minimum absolute atomic E-state index is 0.0188. The molecule has 0 unspecified atom stereocenters. The first kappa shape index (κ1) is 88.8. The number of aliphatic hydroxyl groups excluding tert-OH is 3. The Hall–Kier alpha value is -11.5. The Morgan fingerprint density at radius 1 is 0.415 bits per heavy atom. The average molecular weight is 1750 g/mol. The zero-order valence-corrected chi connectivity index (χ0v) is 69.3. The van der Waals surface area contributed by atoms with Gasteiger partial charge in [0.05, 0.1) is 45.6 Å². The normalized spacial score (nSPS) is 12.9. The second-order valence-electron chi connectivity index (χ2n) is 25.5. The molecule has 9 N–H and O–H groups in total. The topological polar surface area (TPSA) is 444 Å². The second-order valence-corrected chi connectivity index (χ2v) is 30.9. The lowest BCUT2D eigenvalue weighted by Gasteiger charge is -2.32. The van der Waals surface area contributed by atoms with E-state index in [0.29, 0.717) is 60.9 Å². The Morgan fingerprint density at radius 3 is 1.14 bits per heavy atom. The Morgan fingerprint density at radius 2 is 0.763 bits per heavy atom. The number of hydrogen-bond donors (Lipinski definition) is 9. The quantitative estimate of drug-likeness (QED) is 0.0164. The fourth-order valence-corrected chi connectivity index (χ4v) is 13.7. The first-order valence-electron chi connectivity index (χ1n) is 37.0. The molecule has 118 heavy (non-hydrogen) atoms. The molecule has 37 nitrogen and oxygen atoms in total. The molecule has 630 valence electrons. The molecule has 2 saturated heterocycles. The van der Waals surface area contributed by atoms with E-state index in [1.54, 1.807) is 117 Å². The number of halogens is 1. The molecule has 41 heteroatoms. The number of nitrogens with zero attached hydrogens (tertiary/aromatic N) is 12. The number of ether oxygens (including phenoxy) is 10. The summed E-state index contributed by atoms with van der Waals surface area (Å²) in [5.41, 5.74) is 2.33. The number of para-hydroxylation sites is 6. The van der Waals surface area contributed by atoms with E-state index in [1.165, 1.54) is 26.2 Å². The minimum Gasteiger partial charge on any atom is -0.493 e. The lowest BCUT2D eigenvalue weighted by atomic mass is 10.1. The number of piperidine rings is 1. The SMILES string of the molecule is COc1ccccc1Oc1c(NS(=O)(=O)NCc2ccccc2)nc(N(C)CCO)nc1OCCO.COc1ccccc1Oc1c(NS(=O)(=O)NCc2ccccc2)nc(N2CCCCC2)nc1OCCOc1ncc(Br)cn1.COc1ccccc1Oc1c(NS(=O)(=O)NCc2ccccc2)nc(N2CCN(C)CC2)nc1OCCO. The molecule has 10 aromatic rings. The fraction of sp³-hybridized carbons (Fsp3) is 0.325. The highest BCUT2D eigenvalue weighted by Gasteiger charge is 2.31. The van der Waals surface area contributed by atoms with Gasteiger partial charge < -0.3 is 82.3 Å². The molecule has 12 rings (SSSR count). The Kier molecular flexibility index (Phi) is 33.7. The van der Waals surface area contributed by atoms with Crippen molar-refractivity contribution in [1.29, 1.82) is 0 Å². The maximum atomic E-state index is 13.3. The van der Waals surface area contributed by atoms with E-state index in [0.717, 1.165) is 53.5 Å². The van der Waals surface area contributed by atoms with Gasteiger partial charge in [-0.1, -0.05) is 127 Å². The highest BCUT2D eigenvalue weighted by atomic mass is 79.9. The first-order chi connectivity index (χ1) is 57.1. The summed E-state index contributed by atoms with van der Waals surface area (Å²) in [6.45, 7) is 3.74. The molecule has 2 aliphatic rings. The van der Waals surface area contributed by atoms with Gasteiger partial charge in [0.2, 0.25) is 35.1 Å². The molecule has 0 atom stereocenters. The molecule has 0 aliphatic carbocycles. The number of nitrogens with one attached hydrogen (secondary N) is 6. The third-order valence-corrected chi connectivity index (χ3v) is 20.3. The third-order valence-electron chi connectivity index (χ3n) is 16.9. The monoisotopic (exact) mass is 1750 g/mol. The Balaban J connectivity index is 0.000000188. The first-order valence-corrected chi connectivity index (χ1v) is 42.2. The highest BCUT2D eigenvalue weighted by Crippen LogP contribution is 2.45. The number of methoxy groups -OCH3 is 3. The zero-order chi connectivity index (χ0) is 83.7. The molecular formula is C77H93BrN18O19S3. The van der Waals surface area contributed by atoms with Gasteiger partial charge in [0.25, 0.3) is 17.6 Å². The summed E-state index contributed by atoms with van der Waals surface area (Å²) in [5.74, 6) is 1.94. The number of piperazine rings is 1. The van der Waals surface area contributed by atoms with Crippen LogP contribution in [0.4, 0.5) is 35.3 Å². The molecule has 6 aromatic carbocycles. The third kappa shape index (κ3) is 27.3. The fourth-order valence-electron chi connectivity index (χ4n) is 11.0. The van der Waals surface area contributed by atoms with Crippen LogP contribution in [0, 0.1) is 0 Å². The van der Waals surface area contributed by atoms with E-state index in [4.69, 9.17) is 47.4 Å². The molecule has 0 spiro atoms. The van der Waals surface area contributed by atoms with Crippen molar-refractivity contribution < 1.29 is 87.9 Å². The van der Waals surface area contributed by atoms with Crippen molar-refractivity contribution in [1.82, 2.24) is 58.9 Å². The second kappa shape index (κ2) is 44.7. The smallest absolute Gasteiger partial charge is 0.316 e. The summed E-state index contributed by atoms with van der Waals surface area (Å²) >= 11 is 3.29. The van der Waals surface area contributed by atoms with Crippen LogP contribution in [-0.4, -0.2) is 213 Å². The maximum Gasteiger partial charge on any atom is 0.316 e. The Labute approximate surface area is 692 Å². The predicted molar refractivity (Wildman–Crippen MR) is 445 cm³/mol. The highest BCUT2D eigenvalue weighted by molar-refractivity contribution is 9.10. The van der Waals surface area contributed by atoms with Gasteiger partial charge in [-0.15, -0.1) is 0 Å². The summed E-state index contributed by atoms with van der Waals surface area (Å²) in [4.78, 5) is 42.8. The number of anilines is 6. The van der Waals surface area contributed by atoms with E-state index in [-0.39, 0.29) is 148 Å². The number of aliphatic hydroxyl groups is 3. The molecule has 0 amide bonds. The van der Waals surface area contributed by atoms with Crippen LogP contribution in [0.5, 0.6) is 75.4 Å². The lowest BCUT2D eigenvalue weighted by molar-refractivity contribution is 0.192. The van der Waals surface area contributed by atoms with Crippen LogP contribution in [0.1, 0.15) is 36.0 Å². The van der Waals surface area contributed by atoms with E-state index in [2.05, 4.69) is 89.0 Å². The van der Waals surface area contributed by atoms with Crippen LogP contribution in [0.25, 0.3) is 0 Å². The van der Waals surface area contributed by atoms with Gasteiger partial charge in [-0.3, -0.25) is 14.2 Å². The molecule has 2 fully saturated rings. The zero-order valence-electron chi connectivity index (χ0n) is 65.2. The standard InChI is InChI=1S/C29H32BrN7O6S.C25H32N6O6S.C23H29N5O7S/c1-40-23-12-6-7-13-24(23)43-25-26(36-44(38,39)33-18-21-10-4-2-5-11-21)34-28(37-14-8-3-9-15-37)35-27(25)41-16-17-42-29-31-19-22(30)20-32-29;1-30-12-14-31(15-13-30)25-27-23(29-38(33,34)26-18-19-8-4-3-5-9-19)22(24(28-25)36-17-16-32)37-21-11-7-6-10-20(21)35-2;1-28(12-13-29)23-25-21(27-36(31,32)24-16-17-8-4-3-5-9-17)20(22(26-23)34-15-14-30)35-19-11-7-6-10-18(19)33-2/h2,4-7,10-13,19-20,33H,3,8-9,14-18H2,1H3,(H,34,35,36);3-11,26,32H,12-18H2,1-2H3,(H,27,28,29);3-11,24,29-30H,12-16H2,1-2H3,(H,25,26,27). The lowest BCUT2D eigenvalue weighted by Crippen LogP contribution is -2.45. The number of aromatic nitrogens is 8. The summed E-state index contributed by atoms with van der Waals surface area (Å²) in [6.07, 6.45) is 6.15. The summed E-state index contributed by atoms with van der Waals surface area (Å²) in [7, 11) is -4.22. The number of benzene rings is 6. The molecule has 4 aromatic heterocycles. The van der Waals surface area contributed by atoms with Crippen molar-refractivity contribution in [2.24, 2.45) is 0 Å². The van der Waals surface area contributed by atoms with Crippen LogP contribution in [0.3, 0.4) is 0 Å². The van der Waals surface area contributed by atoms with Crippen LogP contribution >= 0.6 is 15.9 Å². The minimum atomic E-state index is -4.13. The number of likely N-dealkylation sites (N-methyl/N-ethyl adjacent to an activating group) is 2. The van der Waals surface area contributed by atoms with Gasteiger partial charge >= 0.3 is 36.6 Å². The van der Waals surface area contributed by atoms with E-state index in [9.17, 15) is 40.6 Å². The van der Waals surface area contributed by atoms with Crippen LogP contribution < -0.4 is 90.4 Å². The Bertz CT molecular complexity index is 5170. The van der Waals surface area contributed by atoms with E-state index >= 15 is 0 Å². The maximum absolute atomic E-state index is 13.3. The van der Waals surface area contributed by atoms with Crippen molar-refractivity contribution in [3.63, 3.8) is 0 Å². The van der Waals surface area contributed by atoms with Crippen LogP contribution in [-0.2, 0) is 50.3 Å². The van der Waals surface area contributed by atoms with Gasteiger partial charge in [-0.25, -0.2) is 9.97 Å². The molecular weight excluding hydrogens is 1660 g/mol. The largest absolute Gasteiger partial charge is 0.493 e. The van der Waals surface area contributed by atoms with Crippen molar-refractivity contribution >= 4 is 81.9 Å². The van der Waals surface area contributed by atoms with Gasteiger partial charge in [0.15, 0.2) is 52.0 Å². The van der Waals surface area contributed by atoms with Crippen molar-refractivity contribution in [2.45, 2.75) is 38.9 Å². The van der Waals surface area contributed by atoms with Crippen LogP contribution in [0.2, 0.25) is 0 Å². The van der Waals surface area contributed by atoms with Gasteiger partial charge in [0.1, 0.15) is 26.4 Å². The van der Waals surface area contributed by atoms with E-state index in [1.807, 2.05) is 83.6 Å². The number of hydrogen-bond acceptors (Lipinski definition) is 31. The summed E-state index contributed by atoms with van der Waals surface area (Å²) in [6, 6.07) is 48.1. The average Bonchev–Trinajstić information content (AvgIpc) is 0.810. The van der Waals surface area contributed by atoms with Gasteiger partial charge in [-0.05, 0) is 95.3 Å². The summed E-state index contributed by atoms with van der Waals surface area (Å²) < 4.78 is 152. The molecule has 2 aliphatic heterocycles. The molecule has 0 saturated carbocycles. The molecule has 0 radical (unpaired) electrons.